The number of nitrogens with one attached hydrogen (secondary N) is 1. The van der Waals surface area contributed by atoms with Crippen LogP contribution < -0.4 is 11.1 Å². The van der Waals surface area contributed by atoms with E-state index in [1.54, 1.807) is 0 Å². The van der Waals surface area contributed by atoms with E-state index in [4.69, 9.17) is 5.73 Å². The SMILES string of the molecule is NC(=NCC1CCCN1Cc1ccccc1)Nc1cc(F)ccc1F. The number of benzene rings is 2. The van der Waals surface area contributed by atoms with Crippen molar-refractivity contribution in [2.24, 2.45) is 10.7 Å². The second-order valence-electron chi connectivity index (χ2n) is 6.23. The van der Waals surface area contributed by atoms with Gasteiger partial charge in [0.05, 0.1) is 12.2 Å². The van der Waals surface area contributed by atoms with Crippen molar-refractivity contribution < 1.29 is 8.78 Å². The van der Waals surface area contributed by atoms with Crippen molar-refractivity contribution in [2.45, 2.75) is 25.4 Å². The normalized spacial score (nSPS) is 18.5. The van der Waals surface area contributed by atoms with E-state index in [-0.39, 0.29) is 11.6 Å². The average molecular weight is 344 g/mol. The lowest BCUT2D eigenvalue weighted by atomic mass is 10.2. The molecular weight excluding hydrogens is 322 g/mol. The minimum atomic E-state index is -0.564. The van der Waals surface area contributed by atoms with E-state index in [0.29, 0.717) is 12.6 Å². The molecule has 1 fully saturated rings. The van der Waals surface area contributed by atoms with E-state index in [9.17, 15) is 8.78 Å². The van der Waals surface area contributed by atoms with E-state index < -0.39 is 11.6 Å². The van der Waals surface area contributed by atoms with Crippen LogP contribution in [-0.4, -0.2) is 30.0 Å². The maximum absolute atomic E-state index is 13.6. The largest absolute Gasteiger partial charge is 0.370 e. The predicted octanol–water partition coefficient (Wildman–Crippen LogP) is 3.36. The van der Waals surface area contributed by atoms with Gasteiger partial charge >= 0.3 is 0 Å². The Kier molecular flexibility index (Phi) is 5.60. The zero-order valence-electron chi connectivity index (χ0n) is 14.0. The monoisotopic (exact) mass is 344 g/mol. The molecule has 1 atom stereocenters. The number of guanidine groups is 1. The molecule has 1 unspecified atom stereocenters. The van der Waals surface area contributed by atoms with Gasteiger partial charge in [-0.2, -0.15) is 0 Å². The maximum Gasteiger partial charge on any atom is 0.193 e. The fraction of sp³-hybridized carbons (Fsp3) is 0.316. The molecule has 3 rings (SSSR count). The van der Waals surface area contributed by atoms with Crippen LogP contribution in [0.15, 0.2) is 53.5 Å². The van der Waals surface area contributed by atoms with Crippen LogP contribution in [0.3, 0.4) is 0 Å². The first-order chi connectivity index (χ1) is 12.1. The van der Waals surface area contributed by atoms with E-state index >= 15 is 0 Å². The van der Waals surface area contributed by atoms with Crippen LogP contribution in [0.5, 0.6) is 0 Å². The molecule has 0 bridgehead atoms. The van der Waals surface area contributed by atoms with Crippen molar-refractivity contribution in [1.82, 2.24) is 4.90 Å². The van der Waals surface area contributed by atoms with E-state index in [1.165, 1.54) is 5.56 Å². The lowest BCUT2D eigenvalue weighted by molar-refractivity contribution is 0.250. The number of halogens is 2. The molecule has 25 heavy (non-hydrogen) atoms. The zero-order chi connectivity index (χ0) is 17.6. The summed E-state index contributed by atoms with van der Waals surface area (Å²) in [7, 11) is 0. The fourth-order valence-electron chi connectivity index (χ4n) is 3.10. The second kappa shape index (κ2) is 8.07. The molecule has 2 aromatic carbocycles. The van der Waals surface area contributed by atoms with Gasteiger partial charge in [0.25, 0.3) is 0 Å². The zero-order valence-corrected chi connectivity index (χ0v) is 14.0. The van der Waals surface area contributed by atoms with Gasteiger partial charge < -0.3 is 11.1 Å². The second-order valence-corrected chi connectivity index (χ2v) is 6.23. The predicted molar refractivity (Wildman–Crippen MR) is 96.3 cm³/mol. The first-order valence-electron chi connectivity index (χ1n) is 8.42. The molecule has 0 aliphatic carbocycles. The van der Waals surface area contributed by atoms with Gasteiger partial charge in [0, 0.05) is 18.7 Å². The molecule has 2 aromatic rings. The van der Waals surface area contributed by atoms with Crippen molar-refractivity contribution in [3.8, 4) is 0 Å². The number of likely N-dealkylation sites (tertiary alicyclic amines) is 1. The van der Waals surface area contributed by atoms with Gasteiger partial charge in [-0.25, -0.2) is 8.78 Å². The third-order valence-electron chi connectivity index (χ3n) is 4.39. The summed E-state index contributed by atoms with van der Waals surface area (Å²) in [6, 6.07) is 13.8. The summed E-state index contributed by atoms with van der Waals surface area (Å²) < 4.78 is 26.8. The third-order valence-corrected chi connectivity index (χ3v) is 4.39. The van der Waals surface area contributed by atoms with Gasteiger partial charge in [0.2, 0.25) is 0 Å². The lowest BCUT2D eigenvalue weighted by Crippen LogP contribution is -2.33. The minimum Gasteiger partial charge on any atom is -0.370 e. The minimum absolute atomic E-state index is 0.00573. The number of anilines is 1. The summed E-state index contributed by atoms with van der Waals surface area (Å²) in [6.07, 6.45) is 2.18. The van der Waals surface area contributed by atoms with Crippen LogP contribution in [-0.2, 0) is 6.54 Å². The number of hydrogen-bond acceptors (Lipinski definition) is 2. The molecule has 0 spiro atoms. The third kappa shape index (κ3) is 4.76. The van der Waals surface area contributed by atoms with Crippen LogP contribution in [0.1, 0.15) is 18.4 Å². The Morgan fingerprint density at radius 1 is 1.20 bits per heavy atom. The van der Waals surface area contributed by atoms with Crippen LogP contribution in [0.4, 0.5) is 14.5 Å². The molecule has 6 heteroatoms. The molecule has 1 aliphatic rings. The maximum atomic E-state index is 13.6. The highest BCUT2D eigenvalue weighted by atomic mass is 19.1. The first kappa shape index (κ1) is 17.4. The molecule has 1 saturated heterocycles. The van der Waals surface area contributed by atoms with Gasteiger partial charge in [0.1, 0.15) is 11.6 Å². The summed E-state index contributed by atoms with van der Waals surface area (Å²) >= 11 is 0. The summed E-state index contributed by atoms with van der Waals surface area (Å²) in [5, 5.41) is 2.63. The lowest BCUT2D eigenvalue weighted by Gasteiger charge is -2.23. The van der Waals surface area contributed by atoms with Crippen molar-refractivity contribution in [3.63, 3.8) is 0 Å². The number of aliphatic imine (C=N–C) groups is 1. The molecular formula is C19H22F2N4. The highest BCUT2D eigenvalue weighted by Gasteiger charge is 2.24. The Morgan fingerprint density at radius 2 is 2.00 bits per heavy atom. The smallest absolute Gasteiger partial charge is 0.193 e. The molecule has 4 nitrogen and oxygen atoms in total. The number of rotatable bonds is 5. The highest BCUT2D eigenvalue weighted by molar-refractivity contribution is 5.92. The van der Waals surface area contributed by atoms with Crippen LogP contribution in [0, 0.1) is 11.6 Å². The Balaban J connectivity index is 1.59. The van der Waals surface area contributed by atoms with E-state index in [1.807, 2.05) is 18.2 Å². The van der Waals surface area contributed by atoms with Crippen molar-refractivity contribution in [3.05, 3.63) is 65.7 Å². The molecule has 1 heterocycles. The molecule has 0 radical (unpaired) electrons. The fourth-order valence-corrected chi connectivity index (χ4v) is 3.10. The Morgan fingerprint density at radius 3 is 2.80 bits per heavy atom. The van der Waals surface area contributed by atoms with Crippen LogP contribution in [0.25, 0.3) is 0 Å². The molecule has 0 aromatic heterocycles. The van der Waals surface area contributed by atoms with Gasteiger partial charge in [-0.1, -0.05) is 30.3 Å². The number of nitrogens with two attached hydrogens (primary N) is 1. The van der Waals surface area contributed by atoms with Gasteiger partial charge in [-0.15, -0.1) is 0 Å². The van der Waals surface area contributed by atoms with Crippen molar-refractivity contribution >= 4 is 11.6 Å². The standard InChI is InChI=1S/C19H22F2N4/c20-15-8-9-17(21)18(11-15)24-19(22)23-12-16-7-4-10-25(16)13-14-5-2-1-3-6-14/h1-3,5-6,8-9,11,16H,4,7,10,12-13H2,(H3,22,23,24). The van der Waals surface area contributed by atoms with Crippen molar-refractivity contribution in [1.29, 1.82) is 0 Å². The van der Waals surface area contributed by atoms with Crippen LogP contribution in [0.2, 0.25) is 0 Å². The average Bonchev–Trinajstić information content (AvgIpc) is 3.04. The molecule has 0 amide bonds. The molecule has 132 valence electrons. The number of hydrogen-bond donors (Lipinski definition) is 2. The molecule has 3 N–H and O–H groups in total. The van der Waals surface area contributed by atoms with Gasteiger partial charge in [0.15, 0.2) is 5.96 Å². The Labute approximate surface area is 146 Å². The Hall–Kier alpha value is -2.47. The van der Waals surface area contributed by atoms with Gasteiger partial charge in [-0.05, 0) is 37.1 Å². The summed E-state index contributed by atoms with van der Waals surface area (Å²) in [6.45, 7) is 2.44. The van der Waals surface area contributed by atoms with Crippen LogP contribution >= 0.6 is 0 Å². The van der Waals surface area contributed by atoms with Gasteiger partial charge in [-0.3, -0.25) is 9.89 Å². The number of nitrogens with zero attached hydrogens (tertiary/aromatic N) is 2. The summed E-state index contributed by atoms with van der Waals surface area (Å²) in [4.78, 5) is 6.70. The molecule has 0 saturated carbocycles. The first-order valence-corrected chi connectivity index (χ1v) is 8.42. The van der Waals surface area contributed by atoms with E-state index in [2.05, 4.69) is 27.3 Å². The summed E-state index contributed by atoms with van der Waals surface area (Å²) in [5.41, 5.74) is 7.10. The topological polar surface area (TPSA) is 53.6 Å². The molecule has 1 aliphatic heterocycles. The highest BCUT2D eigenvalue weighted by Crippen LogP contribution is 2.20. The summed E-state index contributed by atoms with van der Waals surface area (Å²) in [5.74, 6) is -0.997. The Bertz CT molecular complexity index is 733. The quantitative estimate of drug-likeness (QED) is 0.646. The van der Waals surface area contributed by atoms with E-state index in [0.717, 1.165) is 44.1 Å². The van der Waals surface area contributed by atoms with Crippen molar-refractivity contribution in [2.75, 3.05) is 18.4 Å².